The minimum absolute atomic E-state index is 0. The predicted molar refractivity (Wildman–Crippen MR) is 73.7 cm³/mol. The Bertz CT molecular complexity index is 595. The van der Waals surface area contributed by atoms with Gasteiger partial charge in [-0.3, -0.25) is 4.98 Å². The summed E-state index contributed by atoms with van der Waals surface area (Å²) in [6.07, 6.45) is 5.76. The number of aromatic carboxylic acids is 1. The molecule has 0 atom stereocenters. The molecule has 0 unspecified atom stereocenters. The molecule has 1 aliphatic carbocycles. The average molecular weight is 277 g/mol. The number of nitrogens with zero attached hydrogens (tertiary/aromatic N) is 2. The quantitative estimate of drug-likeness (QED) is 0.935. The second-order valence-electron chi connectivity index (χ2n) is 4.48. The second-order valence-corrected chi connectivity index (χ2v) is 4.48. The molecule has 0 radical (unpaired) electrons. The third-order valence-electron chi connectivity index (χ3n) is 3.09. The highest BCUT2D eigenvalue weighted by atomic mass is 35.5. The van der Waals surface area contributed by atoms with Gasteiger partial charge in [0.25, 0.3) is 0 Å². The molecule has 0 aromatic carbocycles. The van der Waals surface area contributed by atoms with Gasteiger partial charge in [-0.1, -0.05) is 6.07 Å². The van der Waals surface area contributed by atoms with Gasteiger partial charge in [-0.2, -0.15) is 0 Å². The minimum atomic E-state index is -1.01. The molecular weight excluding hydrogens is 264 g/mol. The first kappa shape index (κ1) is 13.5. The molecule has 1 N–H and O–H groups in total. The monoisotopic (exact) mass is 276 g/mol. The van der Waals surface area contributed by atoms with E-state index >= 15 is 0 Å². The topological polar surface area (TPSA) is 63.1 Å². The fourth-order valence-electron chi connectivity index (χ4n) is 1.92. The number of carboxylic acids is 1. The first-order valence-electron chi connectivity index (χ1n) is 5.90. The summed E-state index contributed by atoms with van der Waals surface area (Å²) >= 11 is 0. The summed E-state index contributed by atoms with van der Waals surface area (Å²) < 4.78 is 0. The van der Waals surface area contributed by atoms with Gasteiger partial charge < -0.3 is 5.11 Å². The lowest BCUT2D eigenvalue weighted by molar-refractivity contribution is 0.0690. The van der Waals surface area contributed by atoms with Gasteiger partial charge in [0.1, 0.15) is 5.69 Å². The largest absolute Gasteiger partial charge is 0.477 e. The van der Waals surface area contributed by atoms with Crippen LogP contribution in [0.25, 0.3) is 11.1 Å². The van der Waals surface area contributed by atoms with Crippen molar-refractivity contribution >= 4 is 18.4 Å². The number of hydrogen-bond acceptors (Lipinski definition) is 3. The number of halogens is 1. The van der Waals surface area contributed by atoms with E-state index in [1.54, 1.807) is 18.3 Å². The summed E-state index contributed by atoms with van der Waals surface area (Å²) in [6.45, 7) is 0. The fourth-order valence-corrected chi connectivity index (χ4v) is 1.92. The molecule has 4 nitrogen and oxygen atoms in total. The molecule has 0 aliphatic heterocycles. The van der Waals surface area contributed by atoms with Crippen LogP contribution in [-0.2, 0) is 0 Å². The zero-order chi connectivity index (χ0) is 12.5. The SMILES string of the molecule is Cl.O=C(O)c1cc(-c2ccc(C3CC3)nc2)ccn1. The van der Waals surface area contributed by atoms with Crippen LogP contribution in [0, 0.1) is 0 Å². The number of pyridine rings is 2. The van der Waals surface area contributed by atoms with Crippen LogP contribution < -0.4 is 0 Å². The lowest BCUT2D eigenvalue weighted by Crippen LogP contribution is -1.99. The van der Waals surface area contributed by atoms with E-state index < -0.39 is 5.97 Å². The normalized spacial score (nSPS) is 13.7. The lowest BCUT2D eigenvalue weighted by Gasteiger charge is -2.03. The summed E-state index contributed by atoms with van der Waals surface area (Å²) in [7, 11) is 0. The molecule has 0 spiro atoms. The highest BCUT2D eigenvalue weighted by molar-refractivity contribution is 5.87. The summed E-state index contributed by atoms with van der Waals surface area (Å²) in [6, 6.07) is 7.37. The summed E-state index contributed by atoms with van der Waals surface area (Å²) in [5.74, 6) is -0.384. The Balaban J connectivity index is 0.00000133. The second kappa shape index (κ2) is 5.36. The molecule has 3 rings (SSSR count). The van der Waals surface area contributed by atoms with Crippen molar-refractivity contribution in [2.75, 3.05) is 0 Å². The maximum Gasteiger partial charge on any atom is 0.354 e. The first-order valence-corrected chi connectivity index (χ1v) is 5.90. The summed E-state index contributed by atoms with van der Waals surface area (Å²) in [5.41, 5.74) is 2.94. The van der Waals surface area contributed by atoms with Gasteiger partial charge >= 0.3 is 5.97 Å². The van der Waals surface area contributed by atoms with Crippen molar-refractivity contribution in [2.45, 2.75) is 18.8 Å². The molecule has 2 heterocycles. The number of carbonyl (C=O) groups is 1. The van der Waals surface area contributed by atoms with Gasteiger partial charge in [-0.25, -0.2) is 9.78 Å². The number of hydrogen-bond donors (Lipinski definition) is 1. The minimum Gasteiger partial charge on any atom is -0.477 e. The van der Waals surface area contributed by atoms with Crippen molar-refractivity contribution in [3.8, 4) is 11.1 Å². The Morgan fingerprint density at radius 1 is 1.16 bits per heavy atom. The molecule has 1 aliphatic rings. The third-order valence-corrected chi connectivity index (χ3v) is 3.09. The molecule has 0 amide bonds. The van der Waals surface area contributed by atoms with Gasteiger partial charge in [0.2, 0.25) is 0 Å². The molecule has 98 valence electrons. The van der Waals surface area contributed by atoms with Gasteiger partial charge in [0.15, 0.2) is 0 Å². The maximum atomic E-state index is 10.9. The van der Waals surface area contributed by atoms with Gasteiger partial charge in [-0.15, -0.1) is 12.4 Å². The average Bonchev–Trinajstić information content (AvgIpc) is 3.23. The summed E-state index contributed by atoms with van der Waals surface area (Å²) in [5, 5.41) is 8.90. The number of aromatic nitrogens is 2. The molecule has 1 saturated carbocycles. The van der Waals surface area contributed by atoms with Crippen LogP contribution in [0.5, 0.6) is 0 Å². The highest BCUT2D eigenvalue weighted by Crippen LogP contribution is 2.39. The van der Waals surface area contributed by atoms with Crippen LogP contribution >= 0.6 is 12.4 Å². The van der Waals surface area contributed by atoms with Crippen LogP contribution in [-0.4, -0.2) is 21.0 Å². The molecule has 19 heavy (non-hydrogen) atoms. The van der Waals surface area contributed by atoms with Crippen molar-refractivity contribution in [2.24, 2.45) is 0 Å². The highest BCUT2D eigenvalue weighted by Gasteiger charge is 2.24. The molecule has 2 aromatic heterocycles. The fraction of sp³-hybridized carbons (Fsp3) is 0.214. The van der Waals surface area contributed by atoms with Crippen molar-refractivity contribution in [3.05, 3.63) is 48.0 Å². The maximum absolute atomic E-state index is 10.9. The molecule has 1 fully saturated rings. The first-order chi connectivity index (χ1) is 8.74. The van der Waals surface area contributed by atoms with Gasteiger partial charge in [0.05, 0.1) is 0 Å². The summed E-state index contributed by atoms with van der Waals surface area (Å²) in [4.78, 5) is 19.1. The van der Waals surface area contributed by atoms with E-state index in [-0.39, 0.29) is 18.1 Å². The van der Waals surface area contributed by atoms with E-state index in [1.807, 2.05) is 12.1 Å². The van der Waals surface area contributed by atoms with E-state index in [0.717, 1.165) is 16.8 Å². The van der Waals surface area contributed by atoms with Crippen LogP contribution in [0.1, 0.15) is 34.9 Å². The zero-order valence-electron chi connectivity index (χ0n) is 10.1. The van der Waals surface area contributed by atoms with E-state index in [0.29, 0.717) is 5.92 Å². The van der Waals surface area contributed by atoms with Crippen molar-refractivity contribution < 1.29 is 9.90 Å². The number of carboxylic acid groups (broad SMARTS) is 1. The Morgan fingerprint density at radius 3 is 2.53 bits per heavy atom. The van der Waals surface area contributed by atoms with Crippen molar-refractivity contribution in [3.63, 3.8) is 0 Å². The standard InChI is InChI=1S/C14H12N2O2.ClH/c17-14(18)13-7-10(5-6-15-13)11-3-4-12(16-8-11)9-1-2-9;/h3-9H,1-2H2,(H,17,18);1H. The predicted octanol–water partition coefficient (Wildman–Crippen LogP) is 3.14. The van der Waals surface area contributed by atoms with E-state index in [4.69, 9.17) is 5.11 Å². The van der Waals surface area contributed by atoms with Gasteiger partial charge in [-0.05, 0) is 36.6 Å². The van der Waals surface area contributed by atoms with Crippen molar-refractivity contribution in [1.29, 1.82) is 0 Å². The lowest BCUT2D eigenvalue weighted by atomic mass is 10.1. The van der Waals surface area contributed by atoms with E-state index in [1.165, 1.54) is 19.0 Å². The smallest absolute Gasteiger partial charge is 0.354 e. The molecule has 0 bridgehead atoms. The third kappa shape index (κ3) is 2.90. The number of rotatable bonds is 3. The Morgan fingerprint density at radius 2 is 1.95 bits per heavy atom. The van der Waals surface area contributed by atoms with Crippen molar-refractivity contribution in [1.82, 2.24) is 9.97 Å². The van der Waals surface area contributed by atoms with E-state index in [2.05, 4.69) is 9.97 Å². The molecule has 2 aromatic rings. The Kier molecular flexibility index (Phi) is 3.81. The molecule has 0 saturated heterocycles. The van der Waals surface area contributed by atoms with Crippen LogP contribution in [0.2, 0.25) is 0 Å². The van der Waals surface area contributed by atoms with Crippen LogP contribution in [0.4, 0.5) is 0 Å². The van der Waals surface area contributed by atoms with E-state index in [9.17, 15) is 4.79 Å². The molecule has 5 heteroatoms. The Labute approximate surface area is 116 Å². The zero-order valence-corrected chi connectivity index (χ0v) is 10.9. The van der Waals surface area contributed by atoms with Gasteiger partial charge in [0, 0.05) is 29.6 Å². The van der Waals surface area contributed by atoms with Crippen LogP contribution in [0.3, 0.4) is 0 Å². The molecular formula is C14H13ClN2O2. The van der Waals surface area contributed by atoms with Crippen LogP contribution in [0.15, 0.2) is 36.7 Å². The Hall–Kier alpha value is -1.94.